The maximum atomic E-state index is 12.2. The van der Waals surface area contributed by atoms with Crippen molar-refractivity contribution in [3.63, 3.8) is 0 Å². The van der Waals surface area contributed by atoms with Crippen molar-refractivity contribution in [2.75, 3.05) is 5.75 Å². The Morgan fingerprint density at radius 3 is 2.70 bits per heavy atom. The van der Waals surface area contributed by atoms with Gasteiger partial charge < -0.3 is 0 Å². The Morgan fingerprint density at radius 2 is 2.05 bits per heavy atom. The van der Waals surface area contributed by atoms with E-state index in [-0.39, 0.29) is 17.9 Å². The molecule has 0 bridgehead atoms. The van der Waals surface area contributed by atoms with E-state index in [0.29, 0.717) is 10.9 Å². The van der Waals surface area contributed by atoms with Crippen LogP contribution < -0.4 is 5.56 Å². The van der Waals surface area contributed by atoms with E-state index in [2.05, 4.69) is 20.9 Å². The smallest absolute Gasteiger partial charge is 0.261 e. The quantitative estimate of drug-likeness (QED) is 0.837. The molecule has 0 N–H and O–H groups in total. The molecule has 108 valence electrons. The predicted molar refractivity (Wildman–Crippen MR) is 82.6 cm³/mol. The third-order valence-electron chi connectivity index (χ3n) is 3.12. The first-order valence-corrected chi connectivity index (χ1v) is 8.68. The number of hydrogen-bond donors (Lipinski definition) is 0. The van der Waals surface area contributed by atoms with Gasteiger partial charge in [0.05, 0.1) is 28.2 Å². The topological polar surface area (TPSA) is 69.0 Å². The Bertz CT molecular complexity index is 797. The van der Waals surface area contributed by atoms with Gasteiger partial charge in [-0.25, -0.2) is 13.4 Å². The average Bonchev–Trinajstić information content (AvgIpc) is 2.37. The molecule has 20 heavy (non-hydrogen) atoms. The van der Waals surface area contributed by atoms with E-state index in [1.807, 2.05) is 0 Å². The summed E-state index contributed by atoms with van der Waals surface area (Å²) in [6.45, 7) is 3.39. The van der Waals surface area contributed by atoms with Crippen molar-refractivity contribution in [2.45, 2.75) is 25.6 Å². The molecule has 0 unspecified atom stereocenters. The highest BCUT2D eigenvalue weighted by Crippen LogP contribution is 2.14. The first kappa shape index (κ1) is 15.2. The Labute approximate surface area is 125 Å². The Hall–Kier alpha value is -1.21. The summed E-state index contributed by atoms with van der Waals surface area (Å²) in [5.41, 5.74) is 0.369. The van der Waals surface area contributed by atoms with Crippen LogP contribution in [-0.2, 0) is 16.4 Å². The lowest BCUT2D eigenvalue weighted by atomic mass is 10.2. The molecule has 0 saturated heterocycles. The molecule has 0 saturated carbocycles. The molecule has 0 aliphatic heterocycles. The second-order valence-corrected chi connectivity index (χ2v) is 8.41. The fourth-order valence-electron chi connectivity index (χ4n) is 1.75. The summed E-state index contributed by atoms with van der Waals surface area (Å²) in [5.74, 6) is -0.0612. The van der Waals surface area contributed by atoms with Gasteiger partial charge in [-0.1, -0.05) is 15.9 Å². The summed E-state index contributed by atoms with van der Waals surface area (Å²) in [7, 11) is -3.17. The van der Waals surface area contributed by atoms with Crippen LogP contribution in [0.3, 0.4) is 0 Å². The van der Waals surface area contributed by atoms with E-state index in [9.17, 15) is 13.2 Å². The molecule has 0 aliphatic rings. The molecule has 1 aromatic carbocycles. The van der Waals surface area contributed by atoms with E-state index in [4.69, 9.17) is 0 Å². The highest BCUT2D eigenvalue weighted by molar-refractivity contribution is 9.10. The summed E-state index contributed by atoms with van der Waals surface area (Å²) >= 11 is 3.32. The Morgan fingerprint density at radius 1 is 1.35 bits per heavy atom. The number of halogens is 1. The van der Waals surface area contributed by atoms with Crippen LogP contribution in [0.2, 0.25) is 0 Å². The van der Waals surface area contributed by atoms with Crippen molar-refractivity contribution in [2.24, 2.45) is 0 Å². The number of sulfone groups is 1. The van der Waals surface area contributed by atoms with Gasteiger partial charge in [-0.3, -0.25) is 9.36 Å². The minimum absolute atomic E-state index is 0.0612. The summed E-state index contributed by atoms with van der Waals surface area (Å²) in [4.78, 5) is 16.4. The molecular formula is C13H15BrN2O3S. The normalized spacial score (nSPS) is 12.2. The van der Waals surface area contributed by atoms with Gasteiger partial charge in [-0.15, -0.1) is 0 Å². The molecule has 2 aromatic rings. The summed E-state index contributed by atoms with van der Waals surface area (Å²) in [6, 6.07) is 5.20. The van der Waals surface area contributed by atoms with E-state index in [1.165, 1.54) is 10.9 Å². The van der Waals surface area contributed by atoms with Crippen molar-refractivity contribution in [3.05, 3.63) is 39.4 Å². The van der Waals surface area contributed by atoms with Crippen molar-refractivity contribution in [1.29, 1.82) is 0 Å². The molecule has 0 fully saturated rings. The minimum atomic E-state index is -3.17. The maximum absolute atomic E-state index is 12.2. The van der Waals surface area contributed by atoms with Gasteiger partial charge >= 0.3 is 0 Å². The zero-order valence-electron chi connectivity index (χ0n) is 11.2. The van der Waals surface area contributed by atoms with Crippen LogP contribution in [0.15, 0.2) is 33.8 Å². The second kappa shape index (κ2) is 5.65. The number of nitrogens with zero attached hydrogens (tertiary/aromatic N) is 2. The van der Waals surface area contributed by atoms with Gasteiger partial charge in [-0.2, -0.15) is 0 Å². The third kappa shape index (κ3) is 3.09. The van der Waals surface area contributed by atoms with Crippen LogP contribution in [0.4, 0.5) is 0 Å². The van der Waals surface area contributed by atoms with E-state index in [0.717, 1.165) is 4.47 Å². The van der Waals surface area contributed by atoms with Gasteiger partial charge in [0.15, 0.2) is 9.84 Å². The van der Waals surface area contributed by atoms with Crippen molar-refractivity contribution >= 4 is 36.7 Å². The van der Waals surface area contributed by atoms with E-state index in [1.54, 1.807) is 32.0 Å². The van der Waals surface area contributed by atoms with Crippen molar-refractivity contribution in [1.82, 2.24) is 9.55 Å². The number of rotatable bonds is 4. The van der Waals surface area contributed by atoms with Gasteiger partial charge in [0, 0.05) is 11.0 Å². The van der Waals surface area contributed by atoms with Gasteiger partial charge in [0.25, 0.3) is 5.56 Å². The van der Waals surface area contributed by atoms with Gasteiger partial charge in [0.2, 0.25) is 0 Å². The molecule has 7 heteroatoms. The monoisotopic (exact) mass is 358 g/mol. The summed E-state index contributed by atoms with van der Waals surface area (Å²) < 4.78 is 25.8. The highest BCUT2D eigenvalue weighted by Gasteiger charge is 2.16. The summed E-state index contributed by atoms with van der Waals surface area (Å²) in [6.07, 6.45) is 1.40. The number of hydrogen-bond acceptors (Lipinski definition) is 4. The molecule has 0 spiro atoms. The average molecular weight is 359 g/mol. The molecule has 0 aliphatic carbocycles. The molecule has 0 amide bonds. The Balaban J connectivity index is 2.35. The van der Waals surface area contributed by atoms with Crippen LogP contribution in [-0.4, -0.2) is 29.0 Å². The minimum Gasteiger partial charge on any atom is -0.298 e. The number of aromatic nitrogens is 2. The zero-order valence-corrected chi connectivity index (χ0v) is 13.6. The van der Waals surface area contributed by atoms with Gasteiger partial charge in [-0.05, 0) is 32.0 Å². The zero-order chi connectivity index (χ0) is 14.9. The molecule has 1 heterocycles. The first-order chi connectivity index (χ1) is 9.31. The fraction of sp³-hybridized carbons (Fsp3) is 0.385. The van der Waals surface area contributed by atoms with E-state index >= 15 is 0 Å². The molecule has 5 nitrogen and oxygen atoms in total. The molecule has 2 rings (SSSR count). The van der Waals surface area contributed by atoms with Crippen molar-refractivity contribution in [3.8, 4) is 0 Å². The van der Waals surface area contributed by atoms with Gasteiger partial charge in [0.1, 0.15) is 0 Å². The predicted octanol–water partition coefficient (Wildman–Crippen LogP) is 1.98. The third-order valence-corrected chi connectivity index (χ3v) is 5.80. The number of benzene rings is 1. The highest BCUT2D eigenvalue weighted by atomic mass is 79.9. The lowest BCUT2D eigenvalue weighted by Gasteiger charge is -2.09. The molecule has 0 radical (unpaired) electrons. The fourth-order valence-corrected chi connectivity index (χ4v) is 3.02. The number of aryl methyl sites for hydroxylation is 1. The molecule has 0 atom stereocenters. The summed E-state index contributed by atoms with van der Waals surface area (Å²) in [5, 5.41) is 0.0419. The number of fused-ring (bicyclic) bond motifs is 1. The Kier molecular flexibility index (Phi) is 4.29. The van der Waals surface area contributed by atoms with Crippen LogP contribution in [0.5, 0.6) is 0 Å². The van der Waals surface area contributed by atoms with Crippen LogP contribution in [0.1, 0.15) is 13.8 Å². The lowest BCUT2D eigenvalue weighted by molar-refractivity contribution is 0.578. The maximum Gasteiger partial charge on any atom is 0.261 e. The van der Waals surface area contributed by atoms with Crippen LogP contribution in [0, 0.1) is 0 Å². The molecule has 1 aromatic heterocycles. The van der Waals surface area contributed by atoms with Crippen LogP contribution in [0.25, 0.3) is 10.9 Å². The van der Waals surface area contributed by atoms with Crippen LogP contribution >= 0.6 is 15.9 Å². The van der Waals surface area contributed by atoms with Crippen molar-refractivity contribution < 1.29 is 8.42 Å². The molecular weight excluding hydrogens is 344 g/mol. The SMILES string of the molecule is CC(C)S(=O)(=O)CCn1cnc2cc(Br)ccc2c1=O. The largest absolute Gasteiger partial charge is 0.298 e. The first-order valence-electron chi connectivity index (χ1n) is 6.17. The standard InChI is InChI=1S/C13H15BrN2O3S/c1-9(2)20(18,19)6-5-16-8-15-12-7-10(14)3-4-11(12)13(16)17/h3-4,7-9H,5-6H2,1-2H3. The van der Waals surface area contributed by atoms with E-state index < -0.39 is 15.1 Å². The lowest BCUT2D eigenvalue weighted by Crippen LogP contribution is -2.27. The second-order valence-electron chi connectivity index (χ2n) is 4.82.